The van der Waals surface area contributed by atoms with Crippen LogP contribution >= 0.6 is 23.2 Å². The summed E-state index contributed by atoms with van der Waals surface area (Å²) in [5.41, 5.74) is 5.79. The topological polar surface area (TPSA) is 59.9 Å². The third-order valence-electron chi connectivity index (χ3n) is 4.45. The Morgan fingerprint density at radius 2 is 1.81 bits per heavy atom. The van der Waals surface area contributed by atoms with E-state index in [0.29, 0.717) is 45.9 Å². The first-order valence-electron chi connectivity index (χ1n) is 9.70. The fourth-order valence-electron chi connectivity index (χ4n) is 2.82. The van der Waals surface area contributed by atoms with Crippen LogP contribution in [0.5, 0.6) is 11.5 Å². The molecule has 5 nitrogen and oxygen atoms in total. The third-order valence-corrected chi connectivity index (χ3v) is 4.98. The zero-order chi connectivity index (χ0) is 22.2. The number of carbonyl (C=O) groups is 1. The van der Waals surface area contributed by atoms with E-state index in [2.05, 4.69) is 10.5 Å². The van der Waals surface area contributed by atoms with Crippen molar-refractivity contribution in [2.75, 3.05) is 6.61 Å². The molecule has 31 heavy (non-hydrogen) atoms. The summed E-state index contributed by atoms with van der Waals surface area (Å²) in [6.07, 6.45) is 1.49. The molecule has 0 atom stereocenters. The van der Waals surface area contributed by atoms with Crippen molar-refractivity contribution in [3.05, 3.63) is 93.0 Å². The van der Waals surface area contributed by atoms with Crippen LogP contribution in [0.25, 0.3) is 0 Å². The maximum absolute atomic E-state index is 12.1. The Morgan fingerprint density at radius 3 is 2.52 bits per heavy atom. The highest BCUT2D eigenvalue weighted by atomic mass is 35.5. The summed E-state index contributed by atoms with van der Waals surface area (Å²) >= 11 is 12.3. The highest BCUT2D eigenvalue weighted by molar-refractivity contribution is 6.32. The van der Waals surface area contributed by atoms with E-state index in [1.807, 2.05) is 38.1 Å². The normalized spacial score (nSPS) is 10.8. The lowest BCUT2D eigenvalue weighted by molar-refractivity contribution is 0.0955. The molecular formula is C24H22Cl2N2O3. The van der Waals surface area contributed by atoms with Gasteiger partial charge in [-0.2, -0.15) is 5.10 Å². The maximum Gasteiger partial charge on any atom is 0.271 e. The van der Waals surface area contributed by atoms with Crippen molar-refractivity contribution in [3.63, 3.8) is 0 Å². The number of hydrogen-bond acceptors (Lipinski definition) is 4. The molecule has 0 aliphatic heterocycles. The lowest BCUT2D eigenvalue weighted by atomic mass is 10.1. The average molecular weight is 457 g/mol. The van der Waals surface area contributed by atoms with Gasteiger partial charge in [0.2, 0.25) is 0 Å². The second kappa shape index (κ2) is 10.8. The van der Waals surface area contributed by atoms with Crippen LogP contribution in [0.4, 0.5) is 0 Å². The van der Waals surface area contributed by atoms with E-state index in [0.717, 1.165) is 11.1 Å². The van der Waals surface area contributed by atoms with Gasteiger partial charge in [-0.3, -0.25) is 4.79 Å². The number of nitrogens with one attached hydrogen (secondary N) is 1. The number of ether oxygens (including phenoxy) is 2. The Hall–Kier alpha value is -3.02. The Kier molecular flexibility index (Phi) is 7.93. The molecule has 0 unspecified atom stereocenters. The summed E-state index contributed by atoms with van der Waals surface area (Å²) in [5, 5.41) is 4.96. The van der Waals surface area contributed by atoms with Gasteiger partial charge in [-0.25, -0.2) is 5.43 Å². The standard InChI is InChI=1S/C24H22Cl2N2O3/c1-3-30-22-13-17(14-27-28-24(29)18-8-10-20(25)11-9-18)12-21(26)23(22)31-15-19-7-5-4-6-16(19)2/h4-14H,3,15H2,1-2H3,(H,28,29)/b27-14-. The van der Waals surface area contributed by atoms with E-state index in [9.17, 15) is 4.79 Å². The molecule has 0 aliphatic carbocycles. The van der Waals surface area contributed by atoms with Gasteiger partial charge in [-0.15, -0.1) is 0 Å². The number of carbonyl (C=O) groups excluding carboxylic acids is 1. The third kappa shape index (κ3) is 6.23. The van der Waals surface area contributed by atoms with Crippen molar-refractivity contribution >= 4 is 35.3 Å². The Balaban J connectivity index is 1.73. The molecule has 0 radical (unpaired) electrons. The molecule has 3 aromatic rings. The number of hydrogen-bond donors (Lipinski definition) is 1. The number of halogens is 2. The minimum absolute atomic E-state index is 0.345. The Labute approximate surface area is 191 Å². The van der Waals surface area contributed by atoms with E-state index >= 15 is 0 Å². The predicted octanol–water partition coefficient (Wildman–Crippen LogP) is 6.04. The number of benzene rings is 3. The van der Waals surface area contributed by atoms with E-state index in [-0.39, 0.29) is 5.91 Å². The molecule has 3 aromatic carbocycles. The molecule has 160 valence electrons. The minimum Gasteiger partial charge on any atom is -0.490 e. The molecule has 0 saturated heterocycles. The Bertz CT molecular complexity index is 1080. The summed E-state index contributed by atoms with van der Waals surface area (Å²) in [4.78, 5) is 12.1. The van der Waals surface area contributed by atoms with Gasteiger partial charge < -0.3 is 9.47 Å². The second-order valence-electron chi connectivity index (χ2n) is 6.68. The highest BCUT2D eigenvalue weighted by Gasteiger charge is 2.13. The molecule has 0 aromatic heterocycles. The van der Waals surface area contributed by atoms with Crippen LogP contribution in [0.3, 0.4) is 0 Å². The number of hydrazone groups is 1. The summed E-state index contributed by atoms with van der Waals surface area (Å²) in [6.45, 7) is 4.73. The van der Waals surface area contributed by atoms with Crippen molar-refractivity contribution < 1.29 is 14.3 Å². The molecule has 0 aliphatic rings. The predicted molar refractivity (Wildman–Crippen MR) is 125 cm³/mol. The van der Waals surface area contributed by atoms with Crippen molar-refractivity contribution in [2.24, 2.45) is 5.10 Å². The monoisotopic (exact) mass is 456 g/mol. The van der Waals surface area contributed by atoms with E-state index < -0.39 is 0 Å². The van der Waals surface area contributed by atoms with Crippen molar-refractivity contribution in [3.8, 4) is 11.5 Å². The van der Waals surface area contributed by atoms with Crippen molar-refractivity contribution in [2.45, 2.75) is 20.5 Å². The molecule has 1 N–H and O–H groups in total. The maximum atomic E-state index is 12.1. The molecule has 0 spiro atoms. The van der Waals surface area contributed by atoms with Crippen LogP contribution in [-0.4, -0.2) is 18.7 Å². The molecule has 0 bridgehead atoms. The number of rotatable bonds is 8. The van der Waals surface area contributed by atoms with E-state index in [1.54, 1.807) is 36.4 Å². The van der Waals surface area contributed by atoms with Crippen LogP contribution in [0.1, 0.15) is 34.0 Å². The summed E-state index contributed by atoms with van der Waals surface area (Å²) in [6, 6.07) is 18.0. The number of nitrogens with zero attached hydrogens (tertiary/aromatic N) is 1. The SMILES string of the molecule is CCOc1cc(/C=N\NC(=O)c2ccc(Cl)cc2)cc(Cl)c1OCc1ccccc1C. The van der Waals surface area contributed by atoms with Gasteiger partial charge in [0.05, 0.1) is 17.8 Å². The minimum atomic E-state index is -0.345. The highest BCUT2D eigenvalue weighted by Crippen LogP contribution is 2.37. The number of amides is 1. The smallest absolute Gasteiger partial charge is 0.271 e. The van der Waals surface area contributed by atoms with Crippen LogP contribution in [0.2, 0.25) is 10.0 Å². The fraction of sp³-hybridized carbons (Fsp3) is 0.167. The molecular weight excluding hydrogens is 435 g/mol. The summed E-state index contributed by atoms with van der Waals surface area (Å²) in [7, 11) is 0. The first kappa shape index (κ1) is 22.7. The van der Waals surface area contributed by atoms with Gasteiger partial charge in [-0.1, -0.05) is 47.5 Å². The molecule has 1 amide bonds. The number of aryl methyl sites for hydroxylation is 1. The molecule has 0 fully saturated rings. The van der Waals surface area contributed by atoms with Gasteiger partial charge in [0.15, 0.2) is 11.5 Å². The van der Waals surface area contributed by atoms with Crippen LogP contribution in [0, 0.1) is 6.92 Å². The first-order valence-corrected chi connectivity index (χ1v) is 10.5. The molecule has 3 rings (SSSR count). The quantitative estimate of drug-likeness (QED) is 0.331. The van der Waals surface area contributed by atoms with Crippen LogP contribution in [-0.2, 0) is 6.61 Å². The zero-order valence-corrected chi connectivity index (χ0v) is 18.7. The summed E-state index contributed by atoms with van der Waals surface area (Å²) < 4.78 is 11.7. The van der Waals surface area contributed by atoms with Gasteiger partial charge in [-0.05, 0) is 66.9 Å². The van der Waals surface area contributed by atoms with E-state index in [1.165, 1.54) is 6.21 Å². The van der Waals surface area contributed by atoms with Crippen LogP contribution in [0.15, 0.2) is 65.8 Å². The lowest BCUT2D eigenvalue weighted by Crippen LogP contribution is -2.17. The Morgan fingerprint density at radius 1 is 1.06 bits per heavy atom. The van der Waals surface area contributed by atoms with Crippen molar-refractivity contribution in [1.82, 2.24) is 5.43 Å². The van der Waals surface area contributed by atoms with E-state index in [4.69, 9.17) is 32.7 Å². The molecule has 7 heteroatoms. The first-order chi connectivity index (χ1) is 15.0. The zero-order valence-electron chi connectivity index (χ0n) is 17.2. The van der Waals surface area contributed by atoms with Crippen LogP contribution < -0.4 is 14.9 Å². The molecule has 0 saturated carbocycles. The second-order valence-corrected chi connectivity index (χ2v) is 7.53. The molecule has 0 heterocycles. The average Bonchev–Trinajstić information content (AvgIpc) is 2.75. The largest absolute Gasteiger partial charge is 0.490 e. The van der Waals surface area contributed by atoms with Gasteiger partial charge in [0, 0.05) is 10.6 Å². The lowest BCUT2D eigenvalue weighted by Gasteiger charge is -2.15. The van der Waals surface area contributed by atoms with Gasteiger partial charge in [0.1, 0.15) is 6.61 Å². The van der Waals surface area contributed by atoms with Crippen molar-refractivity contribution in [1.29, 1.82) is 0 Å². The fourth-order valence-corrected chi connectivity index (χ4v) is 3.22. The summed E-state index contributed by atoms with van der Waals surface area (Å²) in [5.74, 6) is 0.630. The van der Waals surface area contributed by atoms with Gasteiger partial charge in [0.25, 0.3) is 5.91 Å². The van der Waals surface area contributed by atoms with Gasteiger partial charge >= 0.3 is 0 Å².